The van der Waals surface area contributed by atoms with Crippen molar-refractivity contribution in [2.24, 2.45) is 17.1 Å². The standard InChI is InChI=1S/C53H59N3O7/c1-30(57)61-29-41-38-13-14-39-46-34(22-37(58)24-44(46)60-2)26-53-20-16-31(25-53)21-32-10-15-45(54)56-42(32)9-5-7-33-23-43(59)49-40(47(33)50(41)63-51(38)48(39)53)12-11-36(28-62-49)55-35-8-6-19-52(27-35)17-3-4-18-52/h10-15,22-24,31,35-36,41,45,50,55-56,58-59H,3-4,6-8,16-21,25-29,54H2,1-2H3/t31-,35-,36-,41+,45?,50+,53-/m1/s1. The van der Waals surface area contributed by atoms with Crippen LogP contribution in [0.4, 0.5) is 0 Å². The molecule has 3 aromatic rings. The van der Waals surface area contributed by atoms with E-state index in [2.05, 4.69) is 52.8 Å². The Hall–Kier alpha value is -5.37. The van der Waals surface area contributed by atoms with E-state index >= 15 is 0 Å². The van der Waals surface area contributed by atoms with Gasteiger partial charge in [-0.2, -0.15) is 0 Å². The zero-order chi connectivity index (χ0) is 43.0. The van der Waals surface area contributed by atoms with Crippen LogP contribution in [0.3, 0.4) is 0 Å². The van der Waals surface area contributed by atoms with E-state index < -0.39 is 6.10 Å². The molecule has 10 nitrogen and oxygen atoms in total. The first kappa shape index (κ1) is 40.4. The molecule has 0 radical (unpaired) electrons. The van der Waals surface area contributed by atoms with E-state index in [-0.39, 0.29) is 47.6 Å². The summed E-state index contributed by atoms with van der Waals surface area (Å²) in [4.78, 5) is 12.6. The molecule has 0 saturated heterocycles. The number of dihydropyridines is 1. The van der Waals surface area contributed by atoms with Gasteiger partial charge in [-0.3, -0.25) is 4.79 Å². The Labute approximate surface area is 370 Å². The SMILES string of the molecule is COc1cc(O)cc2c1-c1ccc3c4c1[C@@]1(CC[C@H](CC5=C(C#CCc6cc(O)c7c(c6[C@@H](O4)[C@H]3COC(C)=O)C=C[C@@H](N[C@@H]3CCCC4(CCCC4)C3)CO7)NC(N)C=C5)C1)C2. The molecule has 4 aliphatic carbocycles. The maximum atomic E-state index is 12.6. The summed E-state index contributed by atoms with van der Waals surface area (Å²) in [7, 11) is 1.65. The highest BCUT2D eigenvalue weighted by Crippen LogP contribution is 2.63. The monoisotopic (exact) mass is 849 g/mol. The van der Waals surface area contributed by atoms with Gasteiger partial charge in [0.2, 0.25) is 0 Å². The largest absolute Gasteiger partial charge is 0.508 e. The van der Waals surface area contributed by atoms with Crippen LogP contribution in [0.2, 0.25) is 0 Å². The molecule has 3 fully saturated rings. The molecule has 3 aromatic carbocycles. The van der Waals surface area contributed by atoms with Crippen LogP contribution in [0.5, 0.6) is 28.7 Å². The lowest BCUT2D eigenvalue weighted by Gasteiger charge is -2.39. The number of phenolic OH excluding ortho intramolecular Hbond substituents is 2. The summed E-state index contributed by atoms with van der Waals surface area (Å²) in [6.45, 7) is 1.94. The van der Waals surface area contributed by atoms with Crippen molar-refractivity contribution in [3.05, 3.63) is 93.2 Å². The molecule has 6 N–H and O–H groups in total. The molecule has 4 bridgehead atoms. The second-order valence-corrected chi connectivity index (χ2v) is 19.9. The number of nitrogens with two attached hydrogens (primary N) is 1. The second-order valence-electron chi connectivity index (χ2n) is 19.9. The van der Waals surface area contributed by atoms with Crippen LogP contribution < -0.4 is 30.6 Å². The fourth-order valence-corrected chi connectivity index (χ4v) is 13.3. The van der Waals surface area contributed by atoms with Crippen molar-refractivity contribution in [1.29, 1.82) is 0 Å². The quantitative estimate of drug-likeness (QED) is 0.125. The van der Waals surface area contributed by atoms with Crippen LogP contribution in [-0.4, -0.2) is 54.8 Å². The molecule has 3 saturated carbocycles. The fourth-order valence-electron chi connectivity index (χ4n) is 13.3. The highest BCUT2D eigenvalue weighted by molar-refractivity contribution is 5.84. The minimum absolute atomic E-state index is 0.0498. The summed E-state index contributed by atoms with van der Waals surface area (Å²) >= 11 is 0. The zero-order valence-electron chi connectivity index (χ0n) is 36.5. The van der Waals surface area contributed by atoms with E-state index in [1.807, 2.05) is 12.1 Å². The molecule has 8 aliphatic rings. The molecule has 63 heavy (non-hydrogen) atoms. The van der Waals surface area contributed by atoms with Gasteiger partial charge < -0.3 is 45.5 Å². The number of rotatable bonds is 5. The first-order valence-corrected chi connectivity index (χ1v) is 23.3. The van der Waals surface area contributed by atoms with Crippen LogP contribution in [0.15, 0.2) is 59.8 Å². The number of ether oxygens (including phenoxy) is 4. The van der Waals surface area contributed by atoms with Gasteiger partial charge in [0.1, 0.15) is 36.6 Å². The number of allylic oxidation sites excluding steroid dienone is 3. The van der Waals surface area contributed by atoms with Crippen LogP contribution >= 0.6 is 0 Å². The number of benzene rings is 3. The van der Waals surface area contributed by atoms with Crippen LogP contribution in [0.25, 0.3) is 17.2 Å². The van der Waals surface area contributed by atoms with E-state index in [1.54, 1.807) is 19.2 Å². The smallest absolute Gasteiger partial charge is 0.302 e. The summed E-state index contributed by atoms with van der Waals surface area (Å²) < 4.78 is 26.1. The third-order valence-corrected chi connectivity index (χ3v) is 15.9. The lowest BCUT2D eigenvalue weighted by molar-refractivity contribution is -0.141. The fraction of sp³-hybridized carbons (Fsp3) is 0.491. The molecule has 0 aromatic heterocycles. The highest BCUT2D eigenvalue weighted by Gasteiger charge is 2.51. The number of hydrogen-bond acceptors (Lipinski definition) is 10. The van der Waals surface area contributed by atoms with Gasteiger partial charge in [-0.15, -0.1) is 0 Å². The number of carbonyl (C=O) groups is 1. The van der Waals surface area contributed by atoms with E-state index in [4.69, 9.17) is 24.7 Å². The van der Waals surface area contributed by atoms with Crippen molar-refractivity contribution in [3.8, 4) is 51.7 Å². The second kappa shape index (κ2) is 15.7. The molecular formula is C53H59N3O7. The Balaban J connectivity index is 1.08. The molecule has 7 atom stereocenters. The number of nitrogens with one attached hydrogen (secondary N) is 2. The van der Waals surface area contributed by atoms with Crippen LogP contribution in [0, 0.1) is 23.2 Å². The maximum absolute atomic E-state index is 12.6. The minimum Gasteiger partial charge on any atom is -0.508 e. The van der Waals surface area contributed by atoms with Gasteiger partial charge in [0.15, 0.2) is 11.5 Å². The van der Waals surface area contributed by atoms with E-state index in [0.717, 1.165) is 93.6 Å². The van der Waals surface area contributed by atoms with Crippen molar-refractivity contribution < 1.29 is 34.0 Å². The van der Waals surface area contributed by atoms with Gasteiger partial charge in [-0.25, -0.2) is 0 Å². The average Bonchev–Trinajstić information content (AvgIpc) is 3.94. The lowest BCUT2D eigenvalue weighted by Crippen LogP contribution is -2.45. The number of esters is 1. The first-order chi connectivity index (χ1) is 30.6. The first-order valence-electron chi connectivity index (χ1n) is 23.3. The summed E-state index contributed by atoms with van der Waals surface area (Å²) in [5.41, 5.74) is 16.2. The molecule has 4 aliphatic heterocycles. The van der Waals surface area contributed by atoms with E-state index in [9.17, 15) is 15.0 Å². The summed E-state index contributed by atoms with van der Waals surface area (Å²) in [5.74, 6) is 8.70. The van der Waals surface area contributed by atoms with Gasteiger partial charge in [0, 0.05) is 58.7 Å². The number of methoxy groups -OCH3 is 1. The number of fused-ring (bicyclic) bond motifs is 8. The lowest BCUT2D eigenvalue weighted by atomic mass is 9.65. The minimum atomic E-state index is -0.600. The third kappa shape index (κ3) is 7.07. The zero-order valence-corrected chi connectivity index (χ0v) is 36.5. The topological polar surface area (TPSA) is 145 Å². The van der Waals surface area contributed by atoms with Crippen LogP contribution in [-0.2, 0) is 27.8 Å². The number of phenols is 2. The van der Waals surface area contributed by atoms with Crippen molar-refractivity contribution >= 4 is 12.0 Å². The van der Waals surface area contributed by atoms with Crippen molar-refractivity contribution in [2.75, 3.05) is 20.3 Å². The number of aromatic hydroxyl groups is 2. The predicted molar refractivity (Wildman–Crippen MR) is 242 cm³/mol. The van der Waals surface area contributed by atoms with E-state index in [0.29, 0.717) is 48.3 Å². The Morgan fingerprint density at radius 3 is 2.71 bits per heavy atom. The summed E-state index contributed by atoms with van der Waals surface area (Å²) in [6.07, 6.45) is 22.5. The molecule has 328 valence electrons. The van der Waals surface area contributed by atoms with Gasteiger partial charge in [0.25, 0.3) is 0 Å². The normalized spacial score (nSPS) is 29.3. The van der Waals surface area contributed by atoms with Gasteiger partial charge in [0.05, 0.1) is 30.9 Å². The summed E-state index contributed by atoms with van der Waals surface area (Å²) in [6, 6.07) is 10.1. The molecule has 10 heteroatoms. The predicted octanol–water partition coefficient (Wildman–Crippen LogP) is 8.66. The highest BCUT2D eigenvalue weighted by atomic mass is 16.5. The Kier molecular flexibility index (Phi) is 10.1. The maximum Gasteiger partial charge on any atom is 0.302 e. The Morgan fingerprint density at radius 1 is 1.02 bits per heavy atom. The molecule has 4 heterocycles. The van der Waals surface area contributed by atoms with Gasteiger partial charge >= 0.3 is 5.97 Å². The van der Waals surface area contributed by atoms with Crippen molar-refractivity contribution in [2.45, 2.75) is 133 Å². The number of hydrogen-bond donors (Lipinski definition) is 5. The van der Waals surface area contributed by atoms with Gasteiger partial charge in [-0.05, 0) is 122 Å². The molecule has 11 rings (SSSR count). The van der Waals surface area contributed by atoms with E-state index in [1.165, 1.54) is 51.9 Å². The molecule has 2 spiro atoms. The summed E-state index contributed by atoms with van der Waals surface area (Å²) in [5, 5.41) is 30.3. The molecule has 1 unspecified atom stereocenters. The molecular weight excluding hydrogens is 791 g/mol. The Morgan fingerprint density at radius 2 is 1.87 bits per heavy atom. The molecule has 0 amide bonds. The average molecular weight is 850 g/mol. The number of carbonyl (C=O) groups excluding carboxylic acids is 1. The Bertz CT molecular complexity index is 2540. The van der Waals surface area contributed by atoms with Crippen molar-refractivity contribution in [3.63, 3.8) is 0 Å². The van der Waals surface area contributed by atoms with Gasteiger partial charge in [-0.1, -0.05) is 55.5 Å². The third-order valence-electron chi connectivity index (χ3n) is 15.9. The van der Waals surface area contributed by atoms with Crippen molar-refractivity contribution in [1.82, 2.24) is 10.6 Å². The van der Waals surface area contributed by atoms with Crippen LogP contribution in [0.1, 0.15) is 129 Å².